The summed E-state index contributed by atoms with van der Waals surface area (Å²) in [5, 5.41) is 0. The molecular weight excluding hydrogens is 200 g/mol. The molecule has 2 nitrogen and oxygen atoms in total. The Balaban J connectivity index is 1.66. The van der Waals surface area contributed by atoms with Gasteiger partial charge in [-0.1, -0.05) is 25.7 Å². The largest absolute Gasteiger partial charge is 0.373 e. The quantitative estimate of drug-likeness (QED) is 0.717. The second-order valence-corrected chi connectivity index (χ2v) is 5.88. The summed E-state index contributed by atoms with van der Waals surface area (Å²) < 4.78 is 6.12. The Morgan fingerprint density at radius 1 is 1.00 bits per heavy atom. The monoisotopic (exact) mass is 222 g/mol. The fourth-order valence-electron chi connectivity index (χ4n) is 3.49. The van der Waals surface area contributed by atoms with Gasteiger partial charge in [0.1, 0.15) is 5.78 Å². The Morgan fingerprint density at radius 2 is 1.69 bits per heavy atom. The molecule has 0 N–H and O–H groups in total. The van der Waals surface area contributed by atoms with Crippen molar-refractivity contribution in [2.75, 3.05) is 0 Å². The summed E-state index contributed by atoms with van der Waals surface area (Å²) in [5.74, 6) is 0.499. The molecule has 16 heavy (non-hydrogen) atoms. The minimum absolute atomic E-state index is 0.0356. The van der Waals surface area contributed by atoms with Crippen LogP contribution in [0.3, 0.4) is 0 Å². The van der Waals surface area contributed by atoms with E-state index in [-0.39, 0.29) is 11.5 Å². The number of carbonyl (C=O) groups is 1. The predicted molar refractivity (Wildman–Crippen MR) is 62.3 cm³/mol. The summed E-state index contributed by atoms with van der Waals surface area (Å²) in [6.07, 6.45) is 12.5. The Morgan fingerprint density at radius 3 is 2.19 bits per heavy atom. The zero-order valence-corrected chi connectivity index (χ0v) is 10.0. The highest BCUT2D eigenvalue weighted by molar-refractivity contribution is 5.92. The molecule has 0 radical (unpaired) electrons. The zero-order valence-electron chi connectivity index (χ0n) is 10.0. The zero-order chi connectivity index (χ0) is 11.0. The van der Waals surface area contributed by atoms with Crippen molar-refractivity contribution in [2.24, 2.45) is 5.41 Å². The van der Waals surface area contributed by atoms with Gasteiger partial charge in [-0.2, -0.15) is 0 Å². The summed E-state index contributed by atoms with van der Waals surface area (Å²) in [7, 11) is 0. The molecule has 0 saturated heterocycles. The van der Waals surface area contributed by atoms with Crippen molar-refractivity contribution in [3.05, 3.63) is 0 Å². The van der Waals surface area contributed by atoms with E-state index in [4.69, 9.17) is 4.74 Å². The number of ether oxygens (including phenoxy) is 1. The van der Waals surface area contributed by atoms with Crippen LogP contribution in [0, 0.1) is 5.41 Å². The third kappa shape index (κ3) is 1.62. The number of hydrogen-bond donors (Lipinski definition) is 0. The minimum Gasteiger partial charge on any atom is -0.373 e. The van der Waals surface area contributed by atoms with Crippen molar-refractivity contribution >= 4 is 5.78 Å². The van der Waals surface area contributed by atoms with Gasteiger partial charge in [-0.3, -0.25) is 4.79 Å². The fourth-order valence-corrected chi connectivity index (χ4v) is 3.49. The molecule has 3 fully saturated rings. The molecule has 1 atom stereocenters. The maximum absolute atomic E-state index is 12.0. The molecule has 0 aromatic carbocycles. The topological polar surface area (TPSA) is 26.3 Å². The van der Waals surface area contributed by atoms with E-state index in [9.17, 15) is 4.79 Å². The highest BCUT2D eigenvalue weighted by Crippen LogP contribution is 2.50. The number of hydrogen-bond acceptors (Lipinski definition) is 2. The van der Waals surface area contributed by atoms with Crippen LogP contribution in [0.25, 0.3) is 0 Å². The van der Waals surface area contributed by atoms with E-state index in [0.717, 1.165) is 12.8 Å². The summed E-state index contributed by atoms with van der Waals surface area (Å²) in [4.78, 5) is 12.0. The number of ketones is 1. The molecule has 0 heterocycles. The lowest BCUT2D eigenvalue weighted by atomic mass is 9.60. The van der Waals surface area contributed by atoms with Gasteiger partial charge in [0.25, 0.3) is 0 Å². The summed E-state index contributed by atoms with van der Waals surface area (Å²) in [6.45, 7) is 0. The first-order valence-electron chi connectivity index (χ1n) is 7.00. The van der Waals surface area contributed by atoms with E-state index in [1.165, 1.54) is 44.9 Å². The van der Waals surface area contributed by atoms with Crippen LogP contribution in [0.5, 0.6) is 0 Å². The van der Waals surface area contributed by atoms with E-state index in [0.29, 0.717) is 18.3 Å². The smallest absolute Gasteiger partial charge is 0.144 e. The van der Waals surface area contributed by atoms with Crippen LogP contribution < -0.4 is 0 Å². The van der Waals surface area contributed by atoms with Gasteiger partial charge >= 0.3 is 0 Å². The maximum atomic E-state index is 12.0. The molecule has 0 aromatic heterocycles. The summed E-state index contributed by atoms with van der Waals surface area (Å²) in [6, 6.07) is 0. The molecule has 3 rings (SSSR count). The van der Waals surface area contributed by atoms with Crippen molar-refractivity contribution in [2.45, 2.75) is 76.4 Å². The standard InChI is InChI=1S/C14H22O2/c15-12-10-13(16-11-6-5-7-11)14(12)8-3-1-2-4-9-14/h11,13H,1-10H2. The normalized spacial score (nSPS) is 34.2. The first-order chi connectivity index (χ1) is 7.81. The number of rotatable bonds is 2. The molecule has 3 aliphatic rings. The predicted octanol–water partition coefficient (Wildman–Crippen LogP) is 3.24. The van der Waals surface area contributed by atoms with E-state index in [2.05, 4.69) is 0 Å². The Labute approximate surface area is 97.7 Å². The Kier molecular flexibility index (Phi) is 2.78. The van der Waals surface area contributed by atoms with Gasteiger partial charge in [0.05, 0.1) is 17.6 Å². The summed E-state index contributed by atoms with van der Waals surface area (Å²) >= 11 is 0. The van der Waals surface area contributed by atoms with Crippen molar-refractivity contribution in [1.29, 1.82) is 0 Å². The van der Waals surface area contributed by atoms with Crippen LogP contribution in [0.4, 0.5) is 0 Å². The number of carbonyl (C=O) groups excluding carboxylic acids is 1. The van der Waals surface area contributed by atoms with Crippen LogP contribution in [0.15, 0.2) is 0 Å². The van der Waals surface area contributed by atoms with Crippen LogP contribution in [0.2, 0.25) is 0 Å². The molecule has 2 heteroatoms. The molecule has 3 aliphatic carbocycles. The fraction of sp³-hybridized carbons (Fsp3) is 0.929. The Hall–Kier alpha value is -0.370. The van der Waals surface area contributed by atoms with E-state index in [1.54, 1.807) is 0 Å². The highest BCUT2D eigenvalue weighted by atomic mass is 16.5. The first kappa shape index (κ1) is 10.8. The van der Waals surface area contributed by atoms with Crippen LogP contribution in [-0.4, -0.2) is 18.0 Å². The lowest BCUT2D eigenvalue weighted by Gasteiger charge is -2.49. The molecule has 3 saturated carbocycles. The minimum atomic E-state index is -0.0356. The van der Waals surface area contributed by atoms with Crippen LogP contribution in [-0.2, 0) is 9.53 Å². The number of Topliss-reactive ketones (excluding diaryl/α,β-unsaturated/α-hetero) is 1. The molecule has 0 aliphatic heterocycles. The van der Waals surface area contributed by atoms with Gasteiger partial charge in [0.15, 0.2) is 0 Å². The van der Waals surface area contributed by atoms with Gasteiger partial charge in [0.2, 0.25) is 0 Å². The SMILES string of the molecule is O=C1CC(OC2CCC2)C12CCCCCC2. The van der Waals surface area contributed by atoms with Gasteiger partial charge in [-0.15, -0.1) is 0 Å². The lowest BCUT2D eigenvalue weighted by molar-refractivity contribution is -0.181. The molecule has 0 aromatic rings. The molecule has 0 amide bonds. The van der Waals surface area contributed by atoms with E-state index in [1.807, 2.05) is 0 Å². The second kappa shape index (κ2) is 4.14. The third-order valence-electron chi connectivity index (χ3n) is 4.95. The molecular formula is C14H22O2. The third-order valence-corrected chi connectivity index (χ3v) is 4.95. The molecule has 90 valence electrons. The van der Waals surface area contributed by atoms with Crippen LogP contribution in [0.1, 0.15) is 64.2 Å². The molecule has 0 bridgehead atoms. The van der Waals surface area contributed by atoms with Crippen LogP contribution >= 0.6 is 0 Å². The highest BCUT2D eigenvalue weighted by Gasteiger charge is 2.55. The second-order valence-electron chi connectivity index (χ2n) is 5.88. The van der Waals surface area contributed by atoms with E-state index < -0.39 is 0 Å². The Bertz CT molecular complexity index is 272. The van der Waals surface area contributed by atoms with Gasteiger partial charge in [-0.25, -0.2) is 0 Å². The van der Waals surface area contributed by atoms with Crippen molar-refractivity contribution in [1.82, 2.24) is 0 Å². The van der Waals surface area contributed by atoms with Gasteiger partial charge in [0, 0.05) is 6.42 Å². The molecule has 1 unspecified atom stereocenters. The first-order valence-corrected chi connectivity index (χ1v) is 7.00. The summed E-state index contributed by atoms with van der Waals surface area (Å²) in [5.41, 5.74) is -0.0356. The van der Waals surface area contributed by atoms with Crippen molar-refractivity contribution in [3.8, 4) is 0 Å². The van der Waals surface area contributed by atoms with Gasteiger partial charge < -0.3 is 4.74 Å². The maximum Gasteiger partial charge on any atom is 0.144 e. The van der Waals surface area contributed by atoms with E-state index >= 15 is 0 Å². The molecule has 1 spiro atoms. The lowest BCUT2D eigenvalue weighted by Crippen LogP contribution is -2.56. The van der Waals surface area contributed by atoms with Crippen molar-refractivity contribution in [3.63, 3.8) is 0 Å². The average Bonchev–Trinajstić information content (AvgIpc) is 2.48. The van der Waals surface area contributed by atoms with Crippen molar-refractivity contribution < 1.29 is 9.53 Å². The van der Waals surface area contributed by atoms with Gasteiger partial charge in [-0.05, 0) is 32.1 Å². The average molecular weight is 222 g/mol.